The van der Waals surface area contributed by atoms with Gasteiger partial charge in [0.15, 0.2) is 0 Å². The van der Waals surface area contributed by atoms with Crippen molar-refractivity contribution < 1.29 is 9.53 Å². The number of nitrogens with one attached hydrogen (secondary N) is 1. The largest absolute Gasteiger partial charge is 0.497 e. The van der Waals surface area contributed by atoms with E-state index in [1.165, 1.54) is 0 Å². The Bertz CT molecular complexity index is 419. The number of rotatable bonds is 4. The van der Waals surface area contributed by atoms with Crippen LogP contribution in [0.5, 0.6) is 5.75 Å². The minimum absolute atomic E-state index is 0.119. The lowest BCUT2D eigenvalue weighted by atomic mass is 10.0. The van der Waals surface area contributed by atoms with Crippen LogP contribution in [0, 0.1) is 0 Å². The van der Waals surface area contributed by atoms with Crippen LogP contribution in [0.2, 0.25) is 0 Å². The molecule has 3 N–H and O–H groups in total. The van der Waals surface area contributed by atoms with Gasteiger partial charge in [0, 0.05) is 38.6 Å². The molecule has 1 aromatic carbocycles. The lowest BCUT2D eigenvalue weighted by molar-refractivity contribution is -0.120. The number of methoxy groups -OCH3 is 1. The molecule has 0 radical (unpaired) electrons. The van der Waals surface area contributed by atoms with E-state index >= 15 is 0 Å². The topological polar surface area (TPSA) is 67.6 Å². The van der Waals surface area contributed by atoms with Crippen molar-refractivity contribution in [2.75, 3.05) is 33.3 Å². The summed E-state index contributed by atoms with van der Waals surface area (Å²) in [7, 11) is 1.65. The summed E-state index contributed by atoms with van der Waals surface area (Å²) in [4.78, 5) is 13.6. The van der Waals surface area contributed by atoms with Gasteiger partial charge in [-0.15, -0.1) is 0 Å². The molecule has 0 aliphatic carbocycles. The maximum absolute atomic E-state index is 11.4. The summed E-state index contributed by atoms with van der Waals surface area (Å²) >= 11 is 0. The van der Waals surface area contributed by atoms with Gasteiger partial charge < -0.3 is 15.8 Å². The molecule has 19 heavy (non-hydrogen) atoms. The standard InChI is InChI=1S/C14H21N3O2/c1-19-12-4-2-11(3-5-12)13(10-15)17-8-6-14(18)16-7-9-17/h2-5,13H,6-10,15H2,1H3,(H,16,18). The molecule has 0 aromatic heterocycles. The third-order valence-corrected chi connectivity index (χ3v) is 3.51. The van der Waals surface area contributed by atoms with Gasteiger partial charge in [-0.2, -0.15) is 0 Å². The molecule has 0 spiro atoms. The van der Waals surface area contributed by atoms with Gasteiger partial charge in [-0.05, 0) is 17.7 Å². The molecule has 2 rings (SSSR count). The molecule has 1 amide bonds. The number of carbonyl (C=O) groups is 1. The Balaban J connectivity index is 2.11. The number of amides is 1. The quantitative estimate of drug-likeness (QED) is 0.831. The molecule has 5 heteroatoms. The van der Waals surface area contributed by atoms with Crippen LogP contribution in [0.15, 0.2) is 24.3 Å². The fraction of sp³-hybridized carbons (Fsp3) is 0.500. The fourth-order valence-corrected chi connectivity index (χ4v) is 2.42. The zero-order valence-corrected chi connectivity index (χ0v) is 11.3. The number of nitrogens with zero attached hydrogens (tertiary/aromatic N) is 1. The molecule has 5 nitrogen and oxygen atoms in total. The van der Waals surface area contributed by atoms with Crippen molar-refractivity contribution in [1.29, 1.82) is 0 Å². The number of nitrogens with two attached hydrogens (primary N) is 1. The van der Waals surface area contributed by atoms with Crippen molar-refractivity contribution in [2.24, 2.45) is 5.73 Å². The second-order valence-electron chi connectivity index (χ2n) is 4.66. The van der Waals surface area contributed by atoms with Crippen LogP contribution >= 0.6 is 0 Å². The first-order valence-corrected chi connectivity index (χ1v) is 6.59. The summed E-state index contributed by atoms with van der Waals surface area (Å²) in [5.74, 6) is 0.959. The highest BCUT2D eigenvalue weighted by Gasteiger charge is 2.22. The summed E-state index contributed by atoms with van der Waals surface area (Å²) in [5.41, 5.74) is 7.08. The van der Waals surface area contributed by atoms with E-state index < -0.39 is 0 Å². The number of hydrogen-bond acceptors (Lipinski definition) is 4. The highest BCUT2D eigenvalue weighted by Crippen LogP contribution is 2.22. The Hall–Kier alpha value is -1.59. The molecule has 0 saturated carbocycles. The van der Waals surface area contributed by atoms with Gasteiger partial charge in [0.25, 0.3) is 0 Å². The molecule has 104 valence electrons. The summed E-state index contributed by atoms with van der Waals surface area (Å²) in [5, 5.41) is 2.88. The van der Waals surface area contributed by atoms with Gasteiger partial charge in [0.2, 0.25) is 5.91 Å². The van der Waals surface area contributed by atoms with E-state index in [2.05, 4.69) is 10.2 Å². The Morgan fingerprint density at radius 3 is 2.74 bits per heavy atom. The molecule has 1 unspecified atom stereocenters. The minimum atomic E-state index is 0.119. The van der Waals surface area contributed by atoms with Crippen LogP contribution in [-0.2, 0) is 4.79 Å². The summed E-state index contributed by atoms with van der Waals surface area (Å²) in [6.07, 6.45) is 0.534. The van der Waals surface area contributed by atoms with Gasteiger partial charge in [-0.3, -0.25) is 9.69 Å². The molecular formula is C14H21N3O2. The molecule has 1 aliphatic rings. The maximum atomic E-state index is 11.4. The second kappa shape index (κ2) is 6.54. The van der Waals surface area contributed by atoms with Gasteiger partial charge in [-0.25, -0.2) is 0 Å². The van der Waals surface area contributed by atoms with Crippen LogP contribution in [0.25, 0.3) is 0 Å². The number of carbonyl (C=O) groups excluding carboxylic acids is 1. The summed E-state index contributed by atoms with van der Waals surface area (Å²) < 4.78 is 5.16. The van der Waals surface area contributed by atoms with Gasteiger partial charge in [0.1, 0.15) is 5.75 Å². The smallest absolute Gasteiger partial charge is 0.221 e. The maximum Gasteiger partial charge on any atom is 0.221 e. The van der Waals surface area contributed by atoms with E-state index in [0.717, 1.165) is 24.4 Å². The van der Waals surface area contributed by atoms with E-state index in [0.29, 0.717) is 19.5 Å². The number of hydrogen-bond donors (Lipinski definition) is 2. The van der Waals surface area contributed by atoms with Crippen LogP contribution in [0.3, 0.4) is 0 Å². The Labute approximate surface area is 113 Å². The predicted octanol–water partition coefficient (Wildman–Crippen LogP) is 0.517. The molecular weight excluding hydrogens is 242 g/mol. The van der Waals surface area contributed by atoms with Gasteiger partial charge >= 0.3 is 0 Å². The first kappa shape index (κ1) is 13.8. The molecule has 1 heterocycles. The van der Waals surface area contributed by atoms with Gasteiger partial charge in [-0.1, -0.05) is 12.1 Å². The summed E-state index contributed by atoms with van der Waals surface area (Å²) in [6, 6.07) is 8.12. The zero-order valence-electron chi connectivity index (χ0n) is 11.3. The van der Waals surface area contributed by atoms with E-state index in [4.69, 9.17) is 10.5 Å². The van der Waals surface area contributed by atoms with E-state index in [1.54, 1.807) is 7.11 Å². The molecule has 1 atom stereocenters. The predicted molar refractivity (Wildman–Crippen MR) is 74.0 cm³/mol. The average molecular weight is 263 g/mol. The summed E-state index contributed by atoms with van der Waals surface area (Å²) in [6.45, 7) is 2.81. The zero-order chi connectivity index (χ0) is 13.7. The third kappa shape index (κ3) is 3.45. The van der Waals surface area contributed by atoms with Gasteiger partial charge in [0.05, 0.1) is 7.11 Å². The first-order chi connectivity index (χ1) is 9.24. The van der Waals surface area contributed by atoms with Crippen molar-refractivity contribution in [3.8, 4) is 5.75 Å². The van der Waals surface area contributed by atoms with Crippen LogP contribution < -0.4 is 15.8 Å². The van der Waals surface area contributed by atoms with E-state index in [-0.39, 0.29) is 11.9 Å². The van der Waals surface area contributed by atoms with E-state index in [9.17, 15) is 4.79 Å². The second-order valence-corrected chi connectivity index (χ2v) is 4.66. The Morgan fingerprint density at radius 1 is 1.37 bits per heavy atom. The molecule has 0 bridgehead atoms. The van der Waals surface area contributed by atoms with Crippen molar-refractivity contribution in [3.63, 3.8) is 0 Å². The monoisotopic (exact) mass is 263 g/mol. The van der Waals surface area contributed by atoms with Crippen LogP contribution in [0.1, 0.15) is 18.0 Å². The van der Waals surface area contributed by atoms with Crippen molar-refractivity contribution in [1.82, 2.24) is 10.2 Å². The molecule has 1 aliphatic heterocycles. The Kier molecular flexibility index (Phi) is 4.76. The number of ether oxygens (including phenoxy) is 1. The Morgan fingerprint density at radius 2 is 2.11 bits per heavy atom. The average Bonchev–Trinajstić information content (AvgIpc) is 2.66. The number of benzene rings is 1. The molecule has 1 saturated heterocycles. The lowest BCUT2D eigenvalue weighted by Gasteiger charge is -2.29. The van der Waals surface area contributed by atoms with Crippen LogP contribution in [-0.4, -0.2) is 44.1 Å². The van der Waals surface area contributed by atoms with Crippen molar-refractivity contribution in [3.05, 3.63) is 29.8 Å². The van der Waals surface area contributed by atoms with Crippen LogP contribution in [0.4, 0.5) is 0 Å². The highest BCUT2D eigenvalue weighted by molar-refractivity contribution is 5.76. The molecule has 1 fully saturated rings. The SMILES string of the molecule is COc1ccc(C(CN)N2CCNC(=O)CC2)cc1. The third-order valence-electron chi connectivity index (χ3n) is 3.51. The lowest BCUT2D eigenvalue weighted by Crippen LogP contribution is -2.36. The minimum Gasteiger partial charge on any atom is -0.497 e. The highest BCUT2D eigenvalue weighted by atomic mass is 16.5. The first-order valence-electron chi connectivity index (χ1n) is 6.59. The molecule has 1 aromatic rings. The van der Waals surface area contributed by atoms with Crippen molar-refractivity contribution >= 4 is 5.91 Å². The van der Waals surface area contributed by atoms with E-state index in [1.807, 2.05) is 24.3 Å². The van der Waals surface area contributed by atoms with Crippen molar-refractivity contribution in [2.45, 2.75) is 12.5 Å². The fourth-order valence-electron chi connectivity index (χ4n) is 2.42. The normalized spacial score (nSPS) is 18.5.